The minimum atomic E-state index is -0.526. The third kappa shape index (κ3) is 6.12. The third-order valence-corrected chi connectivity index (χ3v) is 7.42. The lowest BCUT2D eigenvalue weighted by molar-refractivity contribution is -0.136. The number of esters is 1. The lowest BCUT2D eigenvalue weighted by Crippen LogP contribution is -2.53. The molecule has 5 rings (SSSR count). The standard InChI is InChI=1S/C29H34N6O4/c1-38-25-12-10-22(11-13-25)7-6-14-34-20-24(35-21-26(30-31-35)29(37)39-2)19-27(34)28(36)33-17-15-32(16-18-33)23-8-4-3-5-9-23/h3-13,21,24,27H,14-20H2,1-2H3/b7-6+/t24-,27+/m1/s1. The van der Waals surface area contributed by atoms with Crippen LogP contribution in [0.4, 0.5) is 5.69 Å². The van der Waals surface area contributed by atoms with Gasteiger partial charge in [-0.1, -0.05) is 47.7 Å². The van der Waals surface area contributed by atoms with Crippen LogP contribution in [0.3, 0.4) is 0 Å². The van der Waals surface area contributed by atoms with Gasteiger partial charge in [0.1, 0.15) is 5.75 Å². The van der Waals surface area contributed by atoms with E-state index in [-0.39, 0.29) is 23.7 Å². The van der Waals surface area contributed by atoms with Gasteiger partial charge in [-0.25, -0.2) is 9.48 Å². The van der Waals surface area contributed by atoms with E-state index in [9.17, 15) is 9.59 Å². The van der Waals surface area contributed by atoms with Gasteiger partial charge >= 0.3 is 5.97 Å². The molecule has 0 spiro atoms. The number of hydrogen-bond donors (Lipinski definition) is 0. The second-order valence-corrected chi connectivity index (χ2v) is 9.76. The highest BCUT2D eigenvalue weighted by Gasteiger charge is 2.40. The molecule has 2 atom stereocenters. The second-order valence-electron chi connectivity index (χ2n) is 9.76. The SMILES string of the molecule is COC(=O)c1cn([C@@H]2C[C@@H](C(=O)N3CCN(c4ccccc4)CC3)N(C/C=C/c3ccc(OC)cc3)C2)nn1. The van der Waals surface area contributed by atoms with E-state index in [2.05, 4.69) is 44.4 Å². The number of rotatable bonds is 8. The molecule has 1 amide bonds. The molecule has 0 unspecified atom stereocenters. The van der Waals surface area contributed by atoms with Gasteiger partial charge in [-0.2, -0.15) is 0 Å². The van der Waals surface area contributed by atoms with Crippen molar-refractivity contribution < 1.29 is 19.1 Å². The van der Waals surface area contributed by atoms with E-state index < -0.39 is 5.97 Å². The number of amides is 1. The number of benzene rings is 2. The Kier molecular flexibility index (Phi) is 8.21. The molecule has 0 saturated carbocycles. The molecular formula is C29H34N6O4. The van der Waals surface area contributed by atoms with Gasteiger partial charge in [-0.15, -0.1) is 5.10 Å². The van der Waals surface area contributed by atoms with Crippen LogP contribution in [-0.4, -0.2) is 96.2 Å². The summed E-state index contributed by atoms with van der Waals surface area (Å²) in [5.74, 6) is 0.422. The van der Waals surface area contributed by atoms with Crippen molar-refractivity contribution in [2.45, 2.75) is 18.5 Å². The molecule has 0 aliphatic carbocycles. The van der Waals surface area contributed by atoms with E-state index in [1.54, 1.807) is 18.0 Å². The first-order valence-corrected chi connectivity index (χ1v) is 13.2. The Morgan fingerprint density at radius 1 is 1.00 bits per heavy atom. The van der Waals surface area contributed by atoms with Gasteiger partial charge in [-0.05, 0) is 36.2 Å². The molecule has 2 aliphatic heterocycles. The van der Waals surface area contributed by atoms with Crippen LogP contribution in [0.5, 0.6) is 5.75 Å². The molecular weight excluding hydrogens is 496 g/mol. The van der Waals surface area contributed by atoms with Crippen molar-refractivity contribution in [2.75, 3.05) is 58.4 Å². The van der Waals surface area contributed by atoms with Gasteiger partial charge in [0.25, 0.3) is 0 Å². The molecule has 2 fully saturated rings. The number of nitrogens with zero attached hydrogens (tertiary/aromatic N) is 6. The number of para-hydroxylation sites is 1. The number of carbonyl (C=O) groups is 2. The van der Waals surface area contributed by atoms with Crippen LogP contribution in [0.25, 0.3) is 6.08 Å². The van der Waals surface area contributed by atoms with Crippen molar-refractivity contribution in [2.24, 2.45) is 0 Å². The topological polar surface area (TPSA) is 93.0 Å². The molecule has 0 N–H and O–H groups in total. The maximum Gasteiger partial charge on any atom is 0.360 e. The van der Waals surface area contributed by atoms with Crippen molar-refractivity contribution in [3.05, 3.63) is 78.1 Å². The fourth-order valence-corrected chi connectivity index (χ4v) is 5.26. The summed E-state index contributed by atoms with van der Waals surface area (Å²) in [6.45, 7) is 4.20. The Balaban J connectivity index is 1.28. The van der Waals surface area contributed by atoms with E-state index in [0.29, 0.717) is 32.6 Å². The Morgan fingerprint density at radius 3 is 2.44 bits per heavy atom. The molecule has 0 bridgehead atoms. The van der Waals surface area contributed by atoms with Crippen LogP contribution in [0.2, 0.25) is 0 Å². The van der Waals surface area contributed by atoms with Gasteiger partial charge in [0.05, 0.1) is 32.5 Å². The van der Waals surface area contributed by atoms with Crippen LogP contribution in [-0.2, 0) is 9.53 Å². The fourth-order valence-electron chi connectivity index (χ4n) is 5.26. The van der Waals surface area contributed by atoms with Crippen LogP contribution in [0, 0.1) is 0 Å². The number of likely N-dealkylation sites (tertiary alicyclic amines) is 1. The number of anilines is 1. The predicted octanol–water partition coefficient (Wildman–Crippen LogP) is 2.75. The van der Waals surface area contributed by atoms with Crippen molar-refractivity contribution in [3.8, 4) is 5.75 Å². The van der Waals surface area contributed by atoms with E-state index >= 15 is 0 Å². The number of hydrogen-bond acceptors (Lipinski definition) is 8. The second kappa shape index (κ2) is 12.1. The number of methoxy groups -OCH3 is 2. The molecule has 10 heteroatoms. The summed E-state index contributed by atoms with van der Waals surface area (Å²) < 4.78 is 11.7. The Labute approximate surface area is 228 Å². The largest absolute Gasteiger partial charge is 0.497 e. The van der Waals surface area contributed by atoms with E-state index in [1.165, 1.54) is 12.8 Å². The van der Waals surface area contributed by atoms with Gasteiger partial charge in [0, 0.05) is 45.0 Å². The van der Waals surface area contributed by atoms with Gasteiger partial charge in [-0.3, -0.25) is 9.69 Å². The van der Waals surface area contributed by atoms with Crippen LogP contribution >= 0.6 is 0 Å². The van der Waals surface area contributed by atoms with Crippen LogP contribution in [0.15, 0.2) is 66.9 Å². The van der Waals surface area contributed by atoms with E-state index in [4.69, 9.17) is 9.47 Å². The molecule has 39 heavy (non-hydrogen) atoms. The smallest absolute Gasteiger partial charge is 0.360 e. The van der Waals surface area contributed by atoms with Crippen LogP contribution in [0.1, 0.15) is 28.5 Å². The molecule has 204 valence electrons. The number of carbonyl (C=O) groups excluding carboxylic acids is 2. The zero-order valence-electron chi connectivity index (χ0n) is 22.3. The average molecular weight is 531 g/mol. The zero-order valence-corrected chi connectivity index (χ0v) is 22.3. The Hall–Kier alpha value is -4.18. The number of ether oxygens (including phenoxy) is 2. The van der Waals surface area contributed by atoms with E-state index in [0.717, 1.165) is 24.4 Å². The van der Waals surface area contributed by atoms with Gasteiger partial charge < -0.3 is 19.3 Å². The molecule has 10 nitrogen and oxygen atoms in total. The highest BCUT2D eigenvalue weighted by molar-refractivity contribution is 5.86. The highest BCUT2D eigenvalue weighted by Crippen LogP contribution is 2.29. The molecule has 3 heterocycles. The van der Waals surface area contributed by atoms with Crippen molar-refractivity contribution >= 4 is 23.6 Å². The maximum atomic E-state index is 13.8. The molecule has 0 radical (unpaired) electrons. The fraction of sp³-hybridized carbons (Fsp3) is 0.379. The van der Waals surface area contributed by atoms with Crippen molar-refractivity contribution in [1.82, 2.24) is 24.8 Å². The number of aromatic nitrogens is 3. The van der Waals surface area contributed by atoms with E-state index in [1.807, 2.05) is 47.4 Å². The first-order valence-electron chi connectivity index (χ1n) is 13.2. The summed E-state index contributed by atoms with van der Waals surface area (Å²) in [5.41, 5.74) is 2.41. The Morgan fingerprint density at radius 2 is 1.74 bits per heavy atom. The minimum Gasteiger partial charge on any atom is -0.497 e. The zero-order chi connectivity index (χ0) is 27.2. The van der Waals surface area contributed by atoms with Crippen LogP contribution < -0.4 is 9.64 Å². The Bertz CT molecular complexity index is 1280. The van der Waals surface area contributed by atoms with Gasteiger partial charge in [0.15, 0.2) is 5.69 Å². The minimum absolute atomic E-state index is 0.0788. The maximum absolute atomic E-state index is 13.8. The first-order chi connectivity index (χ1) is 19.1. The van der Waals surface area contributed by atoms with Gasteiger partial charge in [0.2, 0.25) is 5.91 Å². The lowest BCUT2D eigenvalue weighted by atomic mass is 10.1. The van der Waals surface area contributed by atoms with Crippen molar-refractivity contribution in [3.63, 3.8) is 0 Å². The molecule has 2 aromatic carbocycles. The molecule has 1 aromatic heterocycles. The summed E-state index contributed by atoms with van der Waals surface area (Å²) in [6, 6.07) is 17.8. The summed E-state index contributed by atoms with van der Waals surface area (Å²) in [7, 11) is 2.97. The monoisotopic (exact) mass is 530 g/mol. The summed E-state index contributed by atoms with van der Waals surface area (Å²) in [6.07, 6.45) is 6.34. The summed E-state index contributed by atoms with van der Waals surface area (Å²) >= 11 is 0. The quantitative estimate of drug-likeness (QED) is 0.411. The lowest BCUT2D eigenvalue weighted by Gasteiger charge is -2.38. The van der Waals surface area contributed by atoms with Crippen molar-refractivity contribution in [1.29, 1.82) is 0 Å². The highest BCUT2D eigenvalue weighted by atomic mass is 16.5. The summed E-state index contributed by atoms with van der Waals surface area (Å²) in [4.78, 5) is 32.2. The first kappa shape index (κ1) is 26.4. The molecule has 3 aromatic rings. The summed E-state index contributed by atoms with van der Waals surface area (Å²) in [5, 5.41) is 8.14. The third-order valence-electron chi connectivity index (χ3n) is 7.42. The number of piperazine rings is 1. The molecule has 2 aliphatic rings. The normalized spacial score (nSPS) is 19.9. The molecule has 2 saturated heterocycles. The predicted molar refractivity (Wildman–Crippen MR) is 148 cm³/mol. The average Bonchev–Trinajstić information content (AvgIpc) is 3.65.